The van der Waals surface area contributed by atoms with E-state index in [-0.39, 0.29) is 22.6 Å². The molecule has 0 atom stereocenters. The molecule has 0 spiro atoms. The fourth-order valence-electron chi connectivity index (χ4n) is 0.448. The van der Waals surface area contributed by atoms with Crippen LogP contribution in [0.15, 0.2) is 24.4 Å². The zero-order valence-electron chi connectivity index (χ0n) is 7.03. The van der Waals surface area contributed by atoms with Crippen molar-refractivity contribution in [2.75, 3.05) is 0 Å². The van der Waals surface area contributed by atoms with Crippen LogP contribution >= 0.6 is 9.42 Å². The van der Waals surface area contributed by atoms with E-state index >= 15 is 0 Å². The Hall–Kier alpha value is -0.0317. The number of aryl methyl sites for hydroxylation is 1. The molecule has 0 saturated carbocycles. The Kier molecular flexibility index (Phi) is 51.0. The molecule has 1 heterocycles. The number of hydrogen-bond acceptors (Lipinski definition) is 1. The largest absolute Gasteiger partial charge is 0.693 e. The molecule has 7 heteroatoms. The summed E-state index contributed by atoms with van der Waals surface area (Å²) in [7, 11) is 4.61. The third-order valence-electron chi connectivity index (χ3n) is 0.813. The molecule has 84 valence electrons. The number of pyridine rings is 1. The molecule has 1 aromatic rings. The Balaban J connectivity index is -0.0000000335. The van der Waals surface area contributed by atoms with Crippen LogP contribution in [0.25, 0.3) is 6.15 Å². The van der Waals surface area contributed by atoms with Crippen molar-refractivity contribution in [1.82, 2.24) is 4.98 Å². The Morgan fingerprint density at radius 3 is 1.77 bits per heavy atom. The number of nitrogens with zero attached hydrogens (tertiary/aromatic N) is 1. The molecule has 0 unspecified atom stereocenters. The maximum absolute atomic E-state index is 4.61. The Bertz CT molecular complexity index is 156. The zero-order valence-corrected chi connectivity index (χ0v) is 10.1. The van der Waals surface area contributed by atoms with Gasteiger partial charge < -0.3 is 22.6 Å². The quantitative estimate of drug-likeness (QED) is 0.615. The fourth-order valence-corrected chi connectivity index (χ4v) is 0.448. The van der Waals surface area contributed by atoms with Gasteiger partial charge in [0, 0.05) is 11.9 Å². The van der Waals surface area contributed by atoms with Crippen molar-refractivity contribution >= 4 is 9.42 Å². The Morgan fingerprint density at radius 1 is 1.15 bits per heavy atom. The molecule has 0 fully saturated rings. The maximum atomic E-state index is 4.61. The Labute approximate surface area is 92.9 Å². The summed E-state index contributed by atoms with van der Waals surface area (Å²) in [6.45, 7) is 1.97. The number of nitrogens with two attached hydrogens (primary N) is 1. The van der Waals surface area contributed by atoms with Crippen LogP contribution in [-0.2, 0) is 18.8 Å². The summed E-state index contributed by atoms with van der Waals surface area (Å²) in [5, 5.41) is 0. The van der Waals surface area contributed by atoms with E-state index in [1.165, 1.54) is 0 Å². The predicted octanol–water partition coefficient (Wildman–Crippen LogP) is 0.320. The van der Waals surface area contributed by atoms with Crippen molar-refractivity contribution in [3.63, 3.8) is 0 Å². The molecule has 0 aliphatic rings. The fraction of sp³-hybridized carbons (Fsp3) is 0.167. The van der Waals surface area contributed by atoms with Crippen molar-refractivity contribution in [2.45, 2.75) is 6.92 Å². The second-order valence-electron chi connectivity index (χ2n) is 1.47. The molecule has 0 bridgehead atoms. The molecule has 0 aliphatic carbocycles. The van der Waals surface area contributed by atoms with Crippen LogP contribution in [0.5, 0.6) is 0 Å². The third kappa shape index (κ3) is 18.7. The van der Waals surface area contributed by atoms with Gasteiger partial charge in [-0.3, -0.25) is 4.98 Å². The standard InChI is InChI=1S/C6H7N.ClH.H2N.3H2O.Pt/c1-6-4-2-3-5-7-6;;;;;;/h2-5H,1H3;1H;4*1H2;/q;;-1;;;;+2/p-1. The SMILES string of the molecule is Cc1ccccn1.O.O.O.[Cl][Pt+].[NH2-]. The topological polar surface area (TPSA) is 141 Å². The smallest absolute Gasteiger partial charge is 0.693 e. The molecule has 1 aromatic heterocycles. The monoisotopic (exact) mass is 393 g/mol. The molecule has 0 radical (unpaired) electrons. The molecule has 8 N–H and O–H groups in total. The summed E-state index contributed by atoms with van der Waals surface area (Å²) in [6.07, 6.45) is 1.79. The van der Waals surface area contributed by atoms with Crippen molar-refractivity contribution in [1.29, 1.82) is 0 Å². The van der Waals surface area contributed by atoms with E-state index in [2.05, 4.69) is 14.4 Å². The third-order valence-corrected chi connectivity index (χ3v) is 0.813. The summed E-state index contributed by atoms with van der Waals surface area (Å²) in [5.41, 5.74) is 1.07. The molecular formula is C6H15ClN2O3Pt. The maximum Gasteiger partial charge on any atom is -0.693 e. The Morgan fingerprint density at radius 2 is 1.62 bits per heavy atom. The van der Waals surface area contributed by atoms with Crippen molar-refractivity contribution in [2.24, 2.45) is 0 Å². The predicted molar refractivity (Wildman–Crippen MR) is 51.0 cm³/mol. The molecule has 0 saturated heterocycles. The number of halogens is 1. The van der Waals surface area contributed by atoms with E-state index in [4.69, 9.17) is 0 Å². The normalized spacial score (nSPS) is 5.23. The summed E-state index contributed by atoms with van der Waals surface area (Å²) < 4.78 is 0. The molecule has 0 aliphatic heterocycles. The first-order valence-corrected chi connectivity index (χ1v) is 5.21. The van der Waals surface area contributed by atoms with E-state index < -0.39 is 0 Å². The summed E-state index contributed by atoms with van der Waals surface area (Å²) >= 11 is 1.61. The van der Waals surface area contributed by atoms with Crippen LogP contribution in [0.2, 0.25) is 0 Å². The van der Waals surface area contributed by atoms with Gasteiger partial charge in [-0.1, -0.05) is 6.07 Å². The minimum atomic E-state index is 0. The molecule has 1 rings (SSSR count). The van der Waals surface area contributed by atoms with E-state index in [0.29, 0.717) is 0 Å². The summed E-state index contributed by atoms with van der Waals surface area (Å²) in [4.78, 5) is 3.98. The van der Waals surface area contributed by atoms with Crippen LogP contribution in [0, 0.1) is 6.92 Å². The van der Waals surface area contributed by atoms with E-state index in [1.54, 1.807) is 25.0 Å². The summed E-state index contributed by atoms with van der Waals surface area (Å²) in [6, 6.07) is 5.86. The zero-order chi connectivity index (χ0) is 7.11. The van der Waals surface area contributed by atoms with Gasteiger partial charge in [-0.15, -0.1) is 0 Å². The number of rotatable bonds is 0. The molecular weight excluding hydrogens is 379 g/mol. The van der Waals surface area contributed by atoms with Gasteiger partial charge in [0.25, 0.3) is 0 Å². The van der Waals surface area contributed by atoms with E-state index in [0.717, 1.165) is 5.69 Å². The van der Waals surface area contributed by atoms with Gasteiger partial charge in [-0.2, -0.15) is 0 Å². The first kappa shape index (κ1) is 29.3. The molecule has 5 nitrogen and oxygen atoms in total. The van der Waals surface area contributed by atoms with Gasteiger partial charge >= 0.3 is 28.2 Å². The van der Waals surface area contributed by atoms with Gasteiger partial charge in [0.15, 0.2) is 0 Å². The van der Waals surface area contributed by atoms with Crippen LogP contribution in [0.3, 0.4) is 0 Å². The minimum Gasteiger partial charge on any atom is -0.693 e. The van der Waals surface area contributed by atoms with E-state index in [1.807, 2.05) is 25.1 Å². The number of aromatic nitrogens is 1. The average molecular weight is 394 g/mol. The van der Waals surface area contributed by atoms with Crippen LogP contribution < -0.4 is 0 Å². The van der Waals surface area contributed by atoms with Gasteiger partial charge in [-0.25, -0.2) is 0 Å². The van der Waals surface area contributed by atoms with E-state index in [9.17, 15) is 0 Å². The second kappa shape index (κ2) is 22.7. The van der Waals surface area contributed by atoms with Gasteiger partial charge in [0.2, 0.25) is 0 Å². The second-order valence-corrected chi connectivity index (χ2v) is 1.47. The van der Waals surface area contributed by atoms with Crippen molar-refractivity contribution in [3.05, 3.63) is 36.2 Å². The minimum absolute atomic E-state index is 0. The van der Waals surface area contributed by atoms with Crippen LogP contribution in [0.4, 0.5) is 0 Å². The summed E-state index contributed by atoms with van der Waals surface area (Å²) in [5.74, 6) is 0. The van der Waals surface area contributed by atoms with Gasteiger partial charge in [-0.05, 0) is 19.1 Å². The van der Waals surface area contributed by atoms with Crippen LogP contribution in [-0.4, -0.2) is 21.4 Å². The molecule has 0 aromatic carbocycles. The van der Waals surface area contributed by atoms with Crippen molar-refractivity contribution in [3.8, 4) is 0 Å². The average Bonchev–Trinajstić information content (AvgIpc) is 1.94. The number of hydrogen-bond donors (Lipinski definition) is 0. The molecule has 13 heavy (non-hydrogen) atoms. The van der Waals surface area contributed by atoms with Crippen LogP contribution in [0.1, 0.15) is 5.69 Å². The van der Waals surface area contributed by atoms with Gasteiger partial charge in [0.1, 0.15) is 0 Å². The first-order chi connectivity index (χ1) is 4.39. The van der Waals surface area contributed by atoms with Gasteiger partial charge in [0.05, 0.1) is 0 Å². The molecule has 0 amide bonds. The first-order valence-electron chi connectivity index (χ1n) is 2.39. The van der Waals surface area contributed by atoms with Crippen molar-refractivity contribution < 1.29 is 35.2 Å².